The van der Waals surface area contributed by atoms with Gasteiger partial charge in [-0.1, -0.05) is 25.3 Å². The number of amides is 1. The molecule has 3 heteroatoms. The van der Waals surface area contributed by atoms with E-state index < -0.39 is 0 Å². The summed E-state index contributed by atoms with van der Waals surface area (Å²) in [5.74, 6) is 0.107. The van der Waals surface area contributed by atoms with E-state index in [0.717, 1.165) is 18.5 Å². The number of carbonyl (C=O) groups is 1. The minimum atomic E-state index is -0.195. The van der Waals surface area contributed by atoms with Crippen molar-refractivity contribution in [2.45, 2.75) is 65.0 Å². The first kappa shape index (κ1) is 14.9. The van der Waals surface area contributed by atoms with Crippen molar-refractivity contribution in [2.24, 2.45) is 0 Å². The molecule has 3 nitrogen and oxygen atoms in total. The molecular weight excluding hydrogens is 248 g/mol. The summed E-state index contributed by atoms with van der Waals surface area (Å²) in [5.41, 5.74) is 3.53. The molecule has 1 unspecified atom stereocenters. The fourth-order valence-electron chi connectivity index (χ4n) is 2.72. The highest BCUT2D eigenvalue weighted by Crippen LogP contribution is 2.18. The van der Waals surface area contributed by atoms with Gasteiger partial charge in [-0.15, -0.1) is 0 Å². The van der Waals surface area contributed by atoms with Crippen LogP contribution < -0.4 is 10.6 Å². The monoisotopic (exact) mass is 274 g/mol. The lowest BCUT2D eigenvalue weighted by Gasteiger charge is -2.25. The Morgan fingerprint density at radius 1 is 1.15 bits per heavy atom. The fraction of sp³-hybridized carbons (Fsp3) is 0.588. The first-order valence-corrected chi connectivity index (χ1v) is 7.70. The molecule has 20 heavy (non-hydrogen) atoms. The molecule has 110 valence electrons. The lowest BCUT2D eigenvalue weighted by Crippen LogP contribution is -2.44. The van der Waals surface area contributed by atoms with Gasteiger partial charge in [0.25, 0.3) is 0 Å². The molecule has 1 amide bonds. The lowest BCUT2D eigenvalue weighted by molar-refractivity contribution is -0.122. The molecule has 0 aromatic heterocycles. The van der Waals surface area contributed by atoms with E-state index in [2.05, 4.69) is 36.6 Å². The number of nitrogens with one attached hydrogen (secondary N) is 2. The van der Waals surface area contributed by atoms with Crippen LogP contribution in [-0.2, 0) is 4.79 Å². The van der Waals surface area contributed by atoms with Gasteiger partial charge < -0.3 is 10.6 Å². The maximum atomic E-state index is 12.2. The highest BCUT2D eigenvalue weighted by molar-refractivity contribution is 5.84. The van der Waals surface area contributed by atoms with E-state index in [0.29, 0.717) is 6.04 Å². The van der Waals surface area contributed by atoms with Crippen molar-refractivity contribution in [2.75, 3.05) is 5.32 Å². The Morgan fingerprint density at radius 3 is 2.50 bits per heavy atom. The van der Waals surface area contributed by atoms with Crippen molar-refractivity contribution < 1.29 is 4.79 Å². The number of hydrogen-bond donors (Lipinski definition) is 2. The third-order valence-corrected chi connectivity index (χ3v) is 4.23. The minimum absolute atomic E-state index is 0.107. The average Bonchev–Trinajstić information content (AvgIpc) is 2.44. The highest BCUT2D eigenvalue weighted by atomic mass is 16.2. The van der Waals surface area contributed by atoms with Gasteiger partial charge in [0.1, 0.15) is 6.04 Å². The van der Waals surface area contributed by atoms with Crippen LogP contribution in [0.5, 0.6) is 0 Å². The van der Waals surface area contributed by atoms with Gasteiger partial charge in [-0.25, -0.2) is 0 Å². The minimum Gasteiger partial charge on any atom is -0.374 e. The number of benzene rings is 1. The largest absolute Gasteiger partial charge is 0.374 e. The van der Waals surface area contributed by atoms with Crippen molar-refractivity contribution in [1.82, 2.24) is 5.32 Å². The molecule has 0 heterocycles. The summed E-state index contributed by atoms with van der Waals surface area (Å²) in [6.07, 6.45) is 6.04. The quantitative estimate of drug-likeness (QED) is 0.881. The van der Waals surface area contributed by atoms with E-state index in [1.807, 2.05) is 13.0 Å². The third kappa shape index (κ3) is 3.99. The molecule has 1 aliphatic rings. The molecule has 1 aromatic carbocycles. The molecule has 1 fully saturated rings. The van der Waals surface area contributed by atoms with Gasteiger partial charge in [0.15, 0.2) is 0 Å². The van der Waals surface area contributed by atoms with Gasteiger partial charge in [0.2, 0.25) is 5.91 Å². The maximum absolute atomic E-state index is 12.2. The Kier molecular flexibility index (Phi) is 5.05. The van der Waals surface area contributed by atoms with Crippen LogP contribution in [0.25, 0.3) is 0 Å². The van der Waals surface area contributed by atoms with Crippen molar-refractivity contribution in [1.29, 1.82) is 0 Å². The maximum Gasteiger partial charge on any atom is 0.242 e. The second-order valence-electron chi connectivity index (χ2n) is 6.01. The predicted octanol–water partition coefficient (Wildman–Crippen LogP) is 3.55. The van der Waals surface area contributed by atoms with Gasteiger partial charge in [-0.2, -0.15) is 0 Å². The predicted molar refractivity (Wildman–Crippen MR) is 84.0 cm³/mol. The van der Waals surface area contributed by atoms with Crippen LogP contribution in [0.15, 0.2) is 18.2 Å². The van der Waals surface area contributed by atoms with Crippen LogP contribution in [0.1, 0.15) is 50.2 Å². The second kappa shape index (κ2) is 6.78. The molecule has 2 N–H and O–H groups in total. The normalized spacial score (nSPS) is 17.6. The molecule has 1 aliphatic carbocycles. The van der Waals surface area contributed by atoms with Crippen LogP contribution in [0, 0.1) is 13.8 Å². The van der Waals surface area contributed by atoms with E-state index in [1.54, 1.807) is 0 Å². The van der Waals surface area contributed by atoms with Crippen LogP contribution in [-0.4, -0.2) is 18.0 Å². The summed E-state index contributed by atoms with van der Waals surface area (Å²) in [6, 6.07) is 6.40. The van der Waals surface area contributed by atoms with E-state index in [9.17, 15) is 4.79 Å². The molecule has 1 saturated carbocycles. The summed E-state index contributed by atoms with van der Waals surface area (Å²) >= 11 is 0. The number of carbonyl (C=O) groups excluding carboxylic acids is 1. The lowest BCUT2D eigenvalue weighted by atomic mass is 9.95. The standard InChI is InChI=1S/C17H26N2O/c1-12-9-10-16(11-13(12)2)18-14(3)17(20)19-15-7-5-4-6-8-15/h9-11,14-15,18H,4-8H2,1-3H3,(H,19,20). The Balaban J connectivity index is 1.88. The van der Waals surface area contributed by atoms with E-state index in [4.69, 9.17) is 0 Å². The first-order chi connectivity index (χ1) is 9.56. The first-order valence-electron chi connectivity index (χ1n) is 7.70. The molecule has 1 atom stereocenters. The van der Waals surface area contributed by atoms with Crippen molar-refractivity contribution >= 4 is 11.6 Å². The SMILES string of the molecule is Cc1ccc(NC(C)C(=O)NC2CCCCC2)cc1C. The molecule has 0 aliphatic heterocycles. The van der Waals surface area contributed by atoms with Crippen LogP contribution in [0.3, 0.4) is 0 Å². The van der Waals surface area contributed by atoms with Gasteiger partial charge in [0.05, 0.1) is 0 Å². The zero-order valence-electron chi connectivity index (χ0n) is 12.8. The summed E-state index contributed by atoms with van der Waals surface area (Å²) in [7, 11) is 0. The Bertz CT molecular complexity index is 464. The van der Waals surface area contributed by atoms with Crippen molar-refractivity contribution in [3.05, 3.63) is 29.3 Å². The molecular formula is C17H26N2O. The molecule has 2 rings (SSSR count). The third-order valence-electron chi connectivity index (χ3n) is 4.23. The number of aryl methyl sites for hydroxylation is 2. The van der Waals surface area contributed by atoms with E-state index in [-0.39, 0.29) is 11.9 Å². The van der Waals surface area contributed by atoms with Crippen LogP contribution in [0.4, 0.5) is 5.69 Å². The fourth-order valence-corrected chi connectivity index (χ4v) is 2.72. The topological polar surface area (TPSA) is 41.1 Å². The van der Waals surface area contributed by atoms with Gasteiger partial charge in [0, 0.05) is 11.7 Å². The van der Waals surface area contributed by atoms with Gasteiger partial charge in [-0.3, -0.25) is 4.79 Å². The van der Waals surface area contributed by atoms with Crippen LogP contribution in [0.2, 0.25) is 0 Å². The van der Waals surface area contributed by atoms with E-state index >= 15 is 0 Å². The van der Waals surface area contributed by atoms with E-state index in [1.165, 1.54) is 30.4 Å². The highest BCUT2D eigenvalue weighted by Gasteiger charge is 2.19. The van der Waals surface area contributed by atoms with Crippen molar-refractivity contribution in [3.8, 4) is 0 Å². The molecule has 0 spiro atoms. The Labute approximate surface area is 122 Å². The summed E-state index contributed by atoms with van der Waals surface area (Å²) in [5, 5.41) is 6.45. The Hall–Kier alpha value is -1.51. The summed E-state index contributed by atoms with van der Waals surface area (Å²) < 4.78 is 0. The summed E-state index contributed by atoms with van der Waals surface area (Å²) in [6.45, 7) is 6.11. The van der Waals surface area contributed by atoms with Crippen LogP contribution >= 0.6 is 0 Å². The number of hydrogen-bond acceptors (Lipinski definition) is 2. The van der Waals surface area contributed by atoms with Gasteiger partial charge in [-0.05, 0) is 56.9 Å². The molecule has 0 saturated heterocycles. The number of rotatable bonds is 4. The summed E-state index contributed by atoms with van der Waals surface area (Å²) in [4.78, 5) is 12.2. The molecule has 0 bridgehead atoms. The zero-order valence-corrected chi connectivity index (χ0v) is 12.8. The number of anilines is 1. The molecule has 1 aromatic rings. The van der Waals surface area contributed by atoms with Crippen molar-refractivity contribution in [3.63, 3.8) is 0 Å². The Morgan fingerprint density at radius 2 is 1.85 bits per heavy atom. The zero-order chi connectivity index (χ0) is 14.5. The average molecular weight is 274 g/mol. The smallest absolute Gasteiger partial charge is 0.242 e. The second-order valence-corrected chi connectivity index (χ2v) is 6.01. The van der Waals surface area contributed by atoms with Gasteiger partial charge >= 0.3 is 0 Å². The molecule has 0 radical (unpaired) electrons.